The molecule has 0 bridgehead atoms. The van der Waals surface area contributed by atoms with Crippen molar-refractivity contribution in [2.24, 2.45) is 0 Å². The highest BCUT2D eigenvalue weighted by Crippen LogP contribution is 2.44. The molecular weight excluding hydrogens is 345 g/mol. The van der Waals surface area contributed by atoms with Crippen LogP contribution in [-0.2, 0) is 13.8 Å². The number of hydrogen-bond acceptors (Lipinski definition) is 9. The van der Waals surface area contributed by atoms with E-state index < -0.39 is 38.3 Å². The Kier molecular flexibility index (Phi) is 4.08. The monoisotopic (exact) mass is 361 g/mol. The molecule has 12 nitrogen and oxygen atoms in total. The quantitative estimate of drug-likeness (QED) is 0.393. The summed E-state index contributed by atoms with van der Waals surface area (Å²) in [7, 11) is -4.74. The largest absolute Gasteiger partial charge is 0.469 e. The second-order valence-electron chi connectivity index (χ2n) is 5.58. The van der Waals surface area contributed by atoms with Gasteiger partial charge >= 0.3 is 7.82 Å². The van der Waals surface area contributed by atoms with Gasteiger partial charge in [0.2, 0.25) is 0 Å². The van der Waals surface area contributed by atoms with Gasteiger partial charge in [-0.1, -0.05) is 0 Å². The number of rotatable bonds is 4. The molecule has 2 aromatic heterocycles. The highest BCUT2D eigenvalue weighted by Gasteiger charge is 2.54. The maximum absolute atomic E-state index is 10.8. The predicted molar refractivity (Wildman–Crippen MR) is 77.4 cm³/mol. The number of phosphoric acid groups is 1. The average molecular weight is 361 g/mol. The van der Waals surface area contributed by atoms with Gasteiger partial charge in [-0.3, -0.25) is 4.52 Å². The number of phosphoric ester groups is 1. The normalized spacial score (nSPS) is 31.0. The molecule has 1 fully saturated rings. The molecule has 0 aliphatic carbocycles. The lowest BCUT2D eigenvalue weighted by molar-refractivity contribution is -0.0665. The lowest BCUT2D eigenvalue weighted by Crippen LogP contribution is -2.43. The molecule has 3 heterocycles. The zero-order chi connectivity index (χ0) is 17.7. The van der Waals surface area contributed by atoms with E-state index in [-0.39, 0.29) is 11.5 Å². The molecule has 0 radical (unpaired) electrons. The van der Waals surface area contributed by atoms with Gasteiger partial charge in [-0.05, 0) is 6.92 Å². The Balaban J connectivity index is 1.92. The molecular formula is C11H16N5O7P. The Morgan fingerprint density at radius 1 is 1.50 bits per heavy atom. The van der Waals surface area contributed by atoms with Crippen LogP contribution in [0.15, 0.2) is 12.5 Å². The van der Waals surface area contributed by atoms with Gasteiger partial charge < -0.3 is 30.5 Å². The topological polar surface area (TPSA) is 186 Å². The van der Waals surface area contributed by atoms with Crippen LogP contribution in [0.3, 0.4) is 0 Å². The number of aliphatic hydroxyl groups excluding tert-OH is 1. The van der Waals surface area contributed by atoms with E-state index in [1.807, 2.05) is 0 Å². The number of nitrogens with two attached hydrogens (primary N) is 1. The highest BCUT2D eigenvalue weighted by atomic mass is 31.2. The first kappa shape index (κ1) is 17.2. The summed E-state index contributed by atoms with van der Waals surface area (Å²) in [5, 5.41) is 24.8. The summed E-state index contributed by atoms with van der Waals surface area (Å²) in [4.78, 5) is 25.4. The molecule has 132 valence electrons. The molecule has 24 heavy (non-hydrogen) atoms. The van der Waals surface area contributed by atoms with Crippen LogP contribution in [0.5, 0.6) is 0 Å². The van der Waals surface area contributed by atoms with Crippen molar-refractivity contribution in [3.63, 3.8) is 0 Å². The highest BCUT2D eigenvalue weighted by molar-refractivity contribution is 7.46. The fourth-order valence-corrected chi connectivity index (χ4v) is 2.96. The maximum Gasteiger partial charge on any atom is 0.469 e. The molecule has 0 amide bonds. The third-order valence-electron chi connectivity index (χ3n) is 3.83. The zero-order valence-corrected chi connectivity index (χ0v) is 13.3. The Hall–Kier alpha value is -1.66. The molecule has 0 spiro atoms. The number of aromatic nitrogens is 4. The van der Waals surface area contributed by atoms with Crippen molar-refractivity contribution in [3.8, 4) is 0 Å². The summed E-state index contributed by atoms with van der Waals surface area (Å²) in [5.74, 6) is 0.121. The molecule has 1 saturated heterocycles. The number of imidazole rings is 1. The number of fused-ring (bicyclic) bond motifs is 1. The summed E-state index contributed by atoms with van der Waals surface area (Å²) in [6, 6.07) is 0. The van der Waals surface area contributed by atoms with Crippen LogP contribution < -0.4 is 5.73 Å². The van der Waals surface area contributed by atoms with Crippen molar-refractivity contribution in [2.45, 2.75) is 30.8 Å². The summed E-state index contributed by atoms with van der Waals surface area (Å²) in [5.41, 5.74) is 4.45. The van der Waals surface area contributed by atoms with Crippen molar-refractivity contribution >= 4 is 19.3 Å². The van der Waals surface area contributed by atoms with Gasteiger partial charge in [0, 0.05) is 0 Å². The van der Waals surface area contributed by atoms with Crippen molar-refractivity contribution in [3.05, 3.63) is 18.2 Å². The Morgan fingerprint density at radius 3 is 2.88 bits per heavy atom. The first-order valence-corrected chi connectivity index (χ1v) is 8.34. The molecule has 0 unspecified atom stereocenters. The molecule has 3 rings (SSSR count). The lowest BCUT2D eigenvalue weighted by atomic mass is 9.91. The van der Waals surface area contributed by atoms with E-state index in [0.717, 1.165) is 0 Å². The molecule has 0 aromatic carbocycles. The summed E-state index contributed by atoms with van der Waals surface area (Å²) < 4.78 is 22.0. The number of hydrogen-bond donors (Lipinski definition) is 5. The number of aliphatic hydroxyl groups is 2. The van der Waals surface area contributed by atoms with E-state index in [1.54, 1.807) is 0 Å². The minimum absolute atomic E-state index is 0.121. The molecule has 6 N–H and O–H groups in total. The third-order valence-corrected chi connectivity index (χ3v) is 4.31. The minimum atomic E-state index is -4.74. The molecule has 1 aliphatic rings. The van der Waals surface area contributed by atoms with E-state index in [0.29, 0.717) is 5.69 Å². The van der Waals surface area contributed by atoms with Crippen LogP contribution in [0, 0.1) is 0 Å². The van der Waals surface area contributed by atoms with Crippen molar-refractivity contribution < 1.29 is 33.8 Å². The van der Waals surface area contributed by atoms with Crippen LogP contribution in [0.1, 0.15) is 18.7 Å². The fourth-order valence-electron chi connectivity index (χ4n) is 2.62. The number of nitrogens with zero attached hydrogens (tertiary/aromatic N) is 4. The van der Waals surface area contributed by atoms with Gasteiger partial charge in [-0.15, -0.1) is 0 Å². The molecule has 13 heteroatoms. The second-order valence-corrected chi connectivity index (χ2v) is 6.81. The standard InChI is InChI=1S/C11H16N5O7P/c1-11(18)7(17)6(3-22-24(19,20)21)23-8(11)5-2-13-10-9(12)14-4-15-16(5)10/h2,4,6-8,17-18H,3H2,1H3,(H2,12,14,15)(H2,19,20,21)/t6-,7-,8+,11-/m1/s1. The Labute approximate surface area is 135 Å². The number of ether oxygens (including phenoxy) is 1. The third kappa shape index (κ3) is 2.89. The predicted octanol–water partition coefficient (Wildman–Crippen LogP) is -1.63. The summed E-state index contributed by atoms with van der Waals surface area (Å²) >= 11 is 0. The Bertz CT molecular complexity index is 805. The van der Waals surface area contributed by atoms with Crippen molar-refractivity contribution in [2.75, 3.05) is 12.3 Å². The van der Waals surface area contributed by atoms with E-state index in [4.69, 9.17) is 20.3 Å². The minimum Gasteiger partial charge on any atom is -0.387 e. The second kappa shape index (κ2) is 5.70. The van der Waals surface area contributed by atoms with E-state index >= 15 is 0 Å². The van der Waals surface area contributed by atoms with E-state index in [1.165, 1.54) is 24.0 Å². The van der Waals surface area contributed by atoms with Gasteiger partial charge in [0.05, 0.1) is 18.5 Å². The van der Waals surface area contributed by atoms with Gasteiger partial charge in [-0.2, -0.15) is 5.10 Å². The van der Waals surface area contributed by atoms with Crippen molar-refractivity contribution in [1.82, 2.24) is 19.6 Å². The first-order chi connectivity index (χ1) is 11.1. The summed E-state index contributed by atoms with van der Waals surface area (Å²) in [6.45, 7) is 0.718. The fraction of sp³-hybridized carbons (Fsp3) is 0.545. The Morgan fingerprint density at radius 2 is 2.21 bits per heavy atom. The smallest absolute Gasteiger partial charge is 0.387 e. The van der Waals surface area contributed by atoms with Crippen LogP contribution in [0.2, 0.25) is 0 Å². The van der Waals surface area contributed by atoms with Gasteiger partial charge in [0.1, 0.15) is 30.2 Å². The van der Waals surface area contributed by atoms with E-state index in [9.17, 15) is 14.8 Å². The molecule has 4 atom stereocenters. The SMILES string of the molecule is C[C@@]1(O)[C@H](O)[C@@H](COP(=O)(O)O)O[C@H]1c1cnc2c(N)ncnn12. The van der Waals surface area contributed by atoms with Crippen LogP contribution in [-0.4, -0.2) is 64.0 Å². The lowest BCUT2D eigenvalue weighted by Gasteiger charge is -2.26. The average Bonchev–Trinajstić information content (AvgIpc) is 2.99. The van der Waals surface area contributed by atoms with Gasteiger partial charge in [0.25, 0.3) is 0 Å². The number of nitrogen functional groups attached to an aromatic ring is 1. The van der Waals surface area contributed by atoms with Crippen molar-refractivity contribution in [1.29, 1.82) is 0 Å². The van der Waals surface area contributed by atoms with Crippen LogP contribution >= 0.6 is 7.82 Å². The zero-order valence-electron chi connectivity index (χ0n) is 12.4. The number of anilines is 1. The van der Waals surface area contributed by atoms with Gasteiger partial charge in [-0.25, -0.2) is 19.0 Å². The van der Waals surface area contributed by atoms with E-state index in [2.05, 4.69) is 19.6 Å². The summed E-state index contributed by atoms with van der Waals surface area (Å²) in [6.07, 6.45) is -1.15. The molecule has 1 aliphatic heterocycles. The van der Waals surface area contributed by atoms with Gasteiger partial charge in [0.15, 0.2) is 11.5 Å². The first-order valence-electron chi connectivity index (χ1n) is 6.81. The van der Waals surface area contributed by atoms with Crippen LogP contribution in [0.4, 0.5) is 5.82 Å². The van der Waals surface area contributed by atoms with Crippen LogP contribution in [0.25, 0.3) is 5.65 Å². The molecule has 2 aromatic rings. The molecule has 0 saturated carbocycles. The maximum atomic E-state index is 10.8.